The summed E-state index contributed by atoms with van der Waals surface area (Å²) in [7, 11) is -4.46. The van der Waals surface area contributed by atoms with E-state index in [0.29, 0.717) is 24.2 Å². The molecular formula is C21H28O5S. The Labute approximate surface area is 161 Å². The number of carbonyl (C=O) groups excluding carboxylic acids is 1. The summed E-state index contributed by atoms with van der Waals surface area (Å²) in [6, 6.07) is 0. The molecule has 0 bridgehead atoms. The molecule has 3 saturated carbocycles. The van der Waals surface area contributed by atoms with Gasteiger partial charge in [-0.3, -0.25) is 9.35 Å². The summed E-state index contributed by atoms with van der Waals surface area (Å²) in [5.41, 5.74) is 2.77. The molecule has 0 aromatic rings. The molecule has 5 nitrogen and oxygen atoms in total. The molecule has 6 atom stereocenters. The maximum absolute atomic E-state index is 12.1. The van der Waals surface area contributed by atoms with Gasteiger partial charge in [0.15, 0.2) is 5.78 Å². The molecule has 3 fully saturated rings. The van der Waals surface area contributed by atoms with E-state index in [1.54, 1.807) is 12.2 Å². The van der Waals surface area contributed by atoms with Gasteiger partial charge in [-0.05, 0) is 79.9 Å². The molecule has 0 heterocycles. The lowest BCUT2D eigenvalue weighted by Gasteiger charge is -2.58. The topological polar surface area (TPSA) is 80.7 Å². The van der Waals surface area contributed by atoms with Crippen LogP contribution in [0.3, 0.4) is 0 Å². The molecule has 0 amide bonds. The number of hydrogen-bond donors (Lipinski definition) is 1. The maximum Gasteiger partial charge on any atom is 0.397 e. The average Bonchev–Trinajstić information content (AvgIpc) is 2.85. The van der Waals surface area contributed by atoms with Crippen LogP contribution in [0.25, 0.3) is 0 Å². The van der Waals surface area contributed by atoms with Crippen molar-refractivity contribution >= 4 is 16.2 Å². The van der Waals surface area contributed by atoms with Gasteiger partial charge in [0.1, 0.15) is 0 Å². The van der Waals surface area contributed by atoms with E-state index in [9.17, 15) is 17.8 Å². The second-order valence-corrected chi connectivity index (χ2v) is 10.4. The minimum atomic E-state index is -4.46. The van der Waals surface area contributed by atoms with Crippen LogP contribution in [0.1, 0.15) is 52.9 Å². The van der Waals surface area contributed by atoms with E-state index in [1.165, 1.54) is 0 Å². The monoisotopic (exact) mass is 392 g/mol. The van der Waals surface area contributed by atoms with Gasteiger partial charge in [0, 0.05) is 5.41 Å². The Morgan fingerprint density at radius 1 is 1.19 bits per heavy atom. The molecule has 4 aliphatic carbocycles. The van der Waals surface area contributed by atoms with Crippen molar-refractivity contribution in [2.24, 2.45) is 28.6 Å². The number of fused-ring (bicyclic) bond motifs is 5. The van der Waals surface area contributed by atoms with E-state index in [1.807, 2.05) is 6.92 Å². The third-order valence-corrected chi connectivity index (χ3v) is 8.69. The Hall–Kier alpha value is -1.24. The van der Waals surface area contributed by atoms with E-state index in [4.69, 9.17) is 4.18 Å². The maximum atomic E-state index is 12.1. The molecule has 0 aromatic carbocycles. The van der Waals surface area contributed by atoms with Crippen LogP contribution in [-0.4, -0.2) is 24.9 Å². The molecule has 0 spiro atoms. The van der Waals surface area contributed by atoms with E-state index >= 15 is 0 Å². The summed E-state index contributed by atoms with van der Waals surface area (Å²) in [6.07, 6.45) is 7.22. The average molecular weight is 393 g/mol. The lowest BCUT2D eigenvalue weighted by molar-refractivity contribution is -0.111. The van der Waals surface area contributed by atoms with Crippen LogP contribution in [0.5, 0.6) is 0 Å². The molecule has 0 aliphatic heterocycles. The number of rotatable bonds is 2. The highest BCUT2D eigenvalue weighted by atomic mass is 32.3. The highest BCUT2D eigenvalue weighted by molar-refractivity contribution is 7.80. The first kappa shape index (κ1) is 19.1. The Morgan fingerprint density at radius 2 is 1.89 bits per heavy atom. The Morgan fingerprint density at radius 3 is 2.56 bits per heavy atom. The van der Waals surface area contributed by atoms with Gasteiger partial charge in [-0.2, -0.15) is 8.42 Å². The summed E-state index contributed by atoms with van der Waals surface area (Å²) in [5, 5.41) is 0. The molecule has 27 heavy (non-hydrogen) atoms. The van der Waals surface area contributed by atoms with E-state index in [-0.39, 0.29) is 16.6 Å². The van der Waals surface area contributed by atoms with Crippen molar-refractivity contribution in [3.63, 3.8) is 0 Å². The van der Waals surface area contributed by atoms with Crippen LogP contribution < -0.4 is 0 Å². The molecule has 1 N–H and O–H groups in total. The number of ketones is 1. The summed E-state index contributed by atoms with van der Waals surface area (Å²) in [4.78, 5) is 12.1. The summed E-state index contributed by atoms with van der Waals surface area (Å²) >= 11 is 0. The first-order valence-electron chi connectivity index (χ1n) is 9.75. The van der Waals surface area contributed by atoms with Gasteiger partial charge >= 0.3 is 10.4 Å². The van der Waals surface area contributed by atoms with Crippen LogP contribution in [0, 0.1) is 28.6 Å². The Kier molecular flexibility index (Phi) is 4.16. The minimum absolute atomic E-state index is 0.0442. The molecule has 6 heteroatoms. The third-order valence-electron chi connectivity index (χ3n) is 8.22. The quantitative estimate of drug-likeness (QED) is 0.718. The standard InChI is InChI=1S/C21H28O5S/c1-12-9-15-16-5-6-19(26-27(23,24)25)20(16,3)8-7-17(15)21(4)13(2)10-14(22)11-18(12)21/h10-11,15-17,19H,1,5-9H2,2-4H3,(H,23,24,25)/t15-,16-,17-,19-,20-,21+/m0/s1. The molecule has 0 aromatic heterocycles. The van der Waals surface area contributed by atoms with Gasteiger partial charge in [-0.15, -0.1) is 0 Å². The van der Waals surface area contributed by atoms with Crippen molar-refractivity contribution in [1.82, 2.24) is 0 Å². The lowest BCUT2D eigenvalue weighted by atomic mass is 9.46. The van der Waals surface area contributed by atoms with Crippen molar-refractivity contribution in [2.75, 3.05) is 0 Å². The van der Waals surface area contributed by atoms with Gasteiger partial charge in [-0.1, -0.05) is 31.6 Å². The van der Waals surface area contributed by atoms with Crippen molar-refractivity contribution in [3.8, 4) is 0 Å². The fourth-order valence-corrected chi connectivity index (χ4v) is 7.42. The largest absolute Gasteiger partial charge is 0.397 e. The van der Waals surface area contributed by atoms with E-state index < -0.39 is 16.5 Å². The fraction of sp³-hybridized carbons (Fsp3) is 0.667. The highest BCUT2D eigenvalue weighted by Gasteiger charge is 2.61. The molecular weight excluding hydrogens is 364 g/mol. The van der Waals surface area contributed by atoms with E-state index in [2.05, 4.69) is 20.4 Å². The molecule has 4 aliphatic rings. The zero-order chi connectivity index (χ0) is 19.8. The second kappa shape index (κ2) is 5.88. The smallest absolute Gasteiger partial charge is 0.290 e. The van der Waals surface area contributed by atoms with Crippen LogP contribution in [0.4, 0.5) is 0 Å². The van der Waals surface area contributed by atoms with E-state index in [0.717, 1.165) is 42.4 Å². The van der Waals surface area contributed by atoms with Crippen molar-refractivity contribution in [2.45, 2.75) is 59.0 Å². The summed E-state index contributed by atoms with van der Waals surface area (Å²) in [5.74, 6) is 1.15. The first-order chi connectivity index (χ1) is 12.5. The zero-order valence-corrected chi connectivity index (χ0v) is 17.0. The van der Waals surface area contributed by atoms with Crippen molar-refractivity contribution in [1.29, 1.82) is 0 Å². The van der Waals surface area contributed by atoms with Crippen molar-refractivity contribution in [3.05, 3.63) is 35.5 Å². The fourth-order valence-electron chi connectivity index (χ4n) is 6.81. The Balaban J connectivity index is 1.71. The van der Waals surface area contributed by atoms with Crippen LogP contribution in [-0.2, 0) is 19.4 Å². The Bertz CT molecular complexity index is 882. The predicted molar refractivity (Wildman–Crippen MR) is 102 cm³/mol. The summed E-state index contributed by atoms with van der Waals surface area (Å²) in [6.45, 7) is 10.7. The van der Waals surface area contributed by atoms with Gasteiger partial charge in [0.05, 0.1) is 6.10 Å². The van der Waals surface area contributed by atoms with Crippen LogP contribution >= 0.6 is 0 Å². The zero-order valence-electron chi connectivity index (χ0n) is 16.2. The molecule has 0 radical (unpaired) electrons. The van der Waals surface area contributed by atoms with Gasteiger partial charge in [-0.25, -0.2) is 4.18 Å². The normalized spacial score (nSPS) is 44.1. The molecule has 0 saturated heterocycles. The van der Waals surface area contributed by atoms with Crippen LogP contribution in [0.15, 0.2) is 35.5 Å². The first-order valence-corrected chi connectivity index (χ1v) is 11.1. The van der Waals surface area contributed by atoms with Gasteiger partial charge < -0.3 is 0 Å². The van der Waals surface area contributed by atoms with Crippen LogP contribution in [0.2, 0.25) is 0 Å². The minimum Gasteiger partial charge on any atom is -0.290 e. The number of allylic oxidation sites excluding steroid dienone is 5. The predicted octanol–water partition coefficient (Wildman–Crippen LogP) is 4.04. The lowest BCUT2D eigenvalue weighted by Crippen LogP contribution is -2.52. The molecule has 0 unspecified atom stereocenters. The highest BCUT2D eigenvalue weighted by Crippen LogP contribution is 2.66. The third kappa shape index (κ3) is 2.71. The number of carbonyl (C=O) groups is 1. The van der Waals surface area contributed by atoms with Gasteiger partial charge in [0.2, 0.25) is 0 Å². The molecule has 4 rings (SSSR count). The second-order valence-electron chi connectivity index (χ2n) is 9.31. The van der Waals surface area contributed by atoms with Gasteiger partial charge in [0.25, 0.3) is 0 Å². The SMILES string of the molecule is C=C1C[C@@H]2[C@H](CC[C@]3(C)[C@@H](OS(=O)(=O)O)CC[C@@H]23)[C@@]2(C)C(C)=CC(=O)C=C12. The van der Waals surface area contributed by atoms with Crippen molar-refractivity contribution < 1.29 is 21.9 Å². The summed E-state index contributed by atoms with van der Waals surface area (Å²) < 4.78 is 36.9. The molecule has 148 valence electrons. The number of hydrogen-bond acceptors (Lipinski definition) is 4.